The van der Waals surface area contributed by atoms with E-state index in [4.69, 9.17) is 4.74 Å². The Morgan fingerprint density at radius 2 is 2.23 bits per heavy atom. The number of esters is 1. The third kappa shape index (κ3) is 3.85. The van der Waals surface area contributed by atoms with Crippen LogP contribution in [0.25, 0.3) is 10.7 Å². The third-order valence-corrected chi connectivity index (χ3v) is 4.05. The van der Waals surface area contributed by atoms with E-state index in [0.29, 0.717) is 11.4 Å². The van der Waals surface area contributed by atoms with Crippen LogP contribution in [0.4, 0.5) is 0 Å². The first kappa shape index (κ1) is 14.6. The fraction of sp³-hybridized carbons (Fsp3) is 0.250. The highest BCUT2D eigenvalue weighted by molar-refractivity contribution is 7.14. The van der Waals surface area contributed by atoms with Crippen molar-refractivity contribution in [3.8, 4) is 10.7 Å². The van der Waals surface area contributed by atoms with Crippen molar-refractivity contribution < 1.29 is 9.53 Å². The van der Waals surface area contributed by atoms with Crippen LogP contribution in [-0.2, 0) is 16.1 Å². The molecule has 0 spiro atoms. The van der Waals surface area contributed by atoms with E-state index in [2.05, 4.69) is 27.3 Å². The van der Waals surface area contributed by atoms with E-state index in [0.717, 1.165) is 29.1 Å². The van der Waals surface area contributed by atoms with Crippen molar-refractivity contribution in [3.63, 3.8) is 0 Å². The molecule has 6 heteroatoms. The van der Waals surface area contributed by atoms with Gasteiger partial charge in [-0.05, 0) is 30.5 Å². The first-order chi connectivity index (χ1) is 10.8. The van der Waals surface area contributed by atoms with Crippen LogP contribution < -0.4 is 0 Å². The minimum Gasteiger partial charge on any atom is -0.458 e. The molecule has 0 unspecified atom stereocenters. The first-order valence-electron chi connectivity index (χ1n) is 7.06. The number of aromatic nitrogens is 3. The molecule has 22 heavy (non-hydrogen) atoms. The summed E-state index contributed by atoms with van der Waals surface area (Å²) >= 11 is 1.38. The number of pyridine rings is 1. The minimum absolute atomic E-state index is 0.153. The van der Waals surface area contributed by atoms with E-state index in [9.17, 15) is 4.79 Å². The lowest BCUT2D eigenvalue weighted by molar-refractivity contribution is -0.144. The van der Waals surface area contributed by atoms with Crippen molar-refractivity contribution in [3.05, 3.63) is 53.2 Å². The maximum Gasteiger partial charge on any atom is 0.310 e. The van der Waals surface area contributed by atoms with Gasteiger partial charge in [-0.25, -0.2) is 0 Å². The summed E-state index contributed by atoms with van der Waals surface area (Å²) in [6.45, 7) is 0.153. The van der Waals surface area contributed by atoms with Gasteiger partial charge in [0.25, 0.3) is 0 Å². The molecule has 0 N–H and O–H groups in total. The summed E-state index contributed by atoms with van der Waals surface area (Å²) in [4.78, 5) is 16.0. The van der Waals surface area contributed by atoms with Gasteiger partial charge in [0.1, 0.15) is 12.3 Å². The van der Waals surface area contributed by atoms with Gasteiger partial charge in [0.15, 0.2) is 10.0 Å². The average molecular weight is 313 g/mol. The Morgan fingerprint density at radius 3 is 3.00 bits per heavy atom. The highest BCUT2D eigenvalue weighted by Gasteiger charge is 2.11. The molecule has 0 aromatic carbocycles. The fourth-order valence-corrected chi connectivity index (χ4v) is 2.79. The van der Waals surface area contributed by atoms with Gasteiger partial charge < -0.3 is 4.74 Å². The third-order valence-electron chi connectivity index (χ3n) is 3.13. The highest BCUT2D eigenvalue weighted by Crippen LogP contribution is 2.21. The van der Waals surface area contributed by atoms with Gasteiger partial charge in [0, 0.05) is 6.20 Å². The molecule has 2 aromatic heterocycles. The standard InChI is InChI=1S/C16H15N3O2S/c20-15(10-12-6-2-1-3-7-12)21-11-14-18-19-16(22-14)13-8-4-5-9-17-13/h2,4-9H,1,3,10-11H2. The Morgan fingerprint density at radius 1 is 1.27 bits per heavy atom. The second-order valence-corrected chi connectivity index (χ2v) is 5.87. The molecule has 0 fully saturated rings. The zero-order chi connectivity index (χ0) is 15.2. The van der Waals surface area contributed by atoms with Gasteiger partial charge in [0.2, 0.25) is 0 Å². The average Bonchev–Trinajstić information content (AvgIpc) is 3.04. The Bertz CT molecular complexity index is 707. The largest absolute Gasteiger partial charge is 0.458 e. The number of ether oxygens (including phenoxy) is 1. The van der Waals surface area contributed by atoms with E-state index in [1.807, 2.05) is 24.3 Å². The maximum atomic E-state index is 11.8. The monoisotopic (exact) mass is 313 g/mol. The molecule has 1 aliphatic carbocycles. The predicted octanol–water partition coefficient (Wildman–Crippen LogP) is 3.31. The number of rotatable bonds is 5. The lowest BCUT2D eigenvalue weighted by atomic mass is 10.0. The zero-order valence-electron chi connectivity index (χ0n) is 11.9. The molecule has 0 saturated carbocycles. The van der Waals surface area contributed by atoms with Crippen LogP contribution in [0.5, 0.6) is 0 Å². The van der Waals surface area contributed by atoms with Crippen LogP contribution in [0.1, 0.15) is 24.3 Å². The van der Waals surface area contributed by atoms with Crippen molar-refractivity contribution >= 4 is 17.3 Å². The number of hydrogen-bond acceptors (Lipinski definition) is 6. The lowest BCUT2D eigenvalue weighted by Crippen LogP contribution is -2.05. The molecule has 1 aliphatic rings. The second-order valence-electron chi connectivity index (χ2n) is 4.81. The quantitative estimate of drug-likeness (QED) is 0.792. The number of nitrogens with zero attached hydrogens (tertiary/aromatic N) is 3. The van der Waals surface area contributed by atoms with Crippen molar-refractivity contribution in [1.29, 1.82) is 0 Å². The summed E-state index contributed by atoms with van der Waals surface area (Å²) in [5.74, 6) is -0.243. The molecule has 0 aliphatic heterocycles. The van der Waals surface area contributed by atoms with Gasteiger partial charge >= 0.3 is 5.97 Å². The van der Waals surface area contributed by atoms with Crippen LogP contribution in [-0.4, -0.2) is 21.2 Å². The van der Waals surface area contributed by atoms with E-state index in [-0.39, 0.29) is 12.6 Å². The molecule has 5 nitrogen and oxygen atoms in total. The molecule has 2 heterocycles. The van der Waals surface area contributed by atoms with Gasteiger partial charge in [-0.15, -0.1) is 10.2 Å². The van der Waals surface area contributed by atoms with Gasteiger partial charge in [0.05, 0.1) is 6.42 Å². The molecule has 0 radical (unpaired) electrons. The normalized spacial score (nSPS) is 13.7. The van der Waals surface area contributed by atoms with Crippen LogP contribution in [0.2, 0.25) is 0 Å². The lowest BCUT2D eigenvalue weighted by Gasteiger charge is -2.06. The minimum atomic E-state index is -0.243. The molecule has 2 aromatic rings. The second kappa shape index (κ2) is 7.09. The number of carbonyl (C=O) groups excluding carboxylic acids is 1. The van der Waals surface area contributed by atoms with Gasteiger partial charge in [-0.2, -0.15) is 0 Å². The molecule has 3 rings (SSSR count). The number of carbonyl (C=O) groups is 1. The van der Waals surface area contributed by atoms with Crippen LogP contribution >= 0.6 is 11.3 Å². The van der Waals surface area contributed by atoms with Crippen molar-refractivity contribution in [2.45, 2.75) is 25.9 Å². The summed E-state index contributed by atoms with van der Waals surface area (Å²) in [6.07, 6.45) is 10.2. The van der Waals surface area contributed by atoms with Crippen LogP contribution in [0.3, 0.4) is 0 Å². The number of hydrogen-bond donors (Lipinski definition) is 0. The van der Waals surface area contributed by atoms with E-state index in [1.165, 1.54) is 11.3 Å². The molecular formula is C16H15N3O2S. The molecular weight excluding hydrogens is 298 g/mol. The maximum absolute atomic E-state index is 11.8. The van der Waals surface area contributed by atoms with E-state index in [1.54, 1.807) is 6.20 Å². The first-order valence-corrected chi connectivity index (χ1v) is 7.88. The Balaban J connectivity index is 1.54. The SMILES string of the molecule is O=C(CC1=CCCC=C1)OCc1nnc(-c2ccccn2)s1. The molecule has 0 atom stereocenters. The summed E-state index contributed by atoms with van der Waals surface area (Å²) in [5, 5.41) is 9.50. The molecule has 112 valence electrons. The van der Waals surface area contributed by atoms with E-state index >= 15 is 0 Å². The Kier molecular flexibility index (Phi) is 4.70. The van der Waals surface area contributed by atoms with E-state index < -0.39 is 0 Å². The molecule has 0 saturated heterocycles. The molecule has 0 amide bonds. The van der Waals surface area contributed by atoms with Crippen LogP contribution in [0, 0.1) is 0 Å². The summed E-state index contributed by atoms with van der Waals surface area (Å²) in [6, 6.07) is 5.62. The van der Waals surface area contributed by atoms with Crippen LogP contribution in [0.15, 0.2) is 48.2 Å². The highest BCUT2D eigenvalue weighted by atomic mass is 32.1. The topological polar surface area (TPSA) is 65.0 Å². The fourth-order valence-electron chi connectivity index (χ4n) is 2.06. The summed E-state index contributed by atoms with van der Waals surface area (Å²) in [7, 11) is 0. The Labute approximate surface area is 132 Å². The van der Waals surface area contributed by atoms with Crippen molar-refractivity contribution in [1.82, 2.24) is 15.2 Å². The van der Waals surface area contributed by atoms with Crippen molar-refractivity contribution in [2.75, 3.05) is 0 Å². The number of allylic oxidation sites excluding steroid dienone is 3. The van der Waals surface area contributed by atoms with Gasteiger partial charge in [-0.1, -0.05) is 35.6 Å². The summed E-state index contributed by atoms with van der Waals surface area (Å²) < 4.78 is 5.25. The Hall–Kier alpha value is -2.34. The zero-order valence-corrected chi connectivity index (χ0v) is 12.8. The van der Waals surface area contributed by atoms with Gasteiger partial charge in [-0.3, -0.25) is 9.78 Å². The molecule has 0 bridgehead atoms. The summed E-state index contributed by atoms with van der Waals surface area (Å²) in [5.41, 5.74) is 1.79. The smallest absolute Gasteiger partial charge is 0.310 e. The van der Waals surface area contributed by atoms with Crippen molar-refractivity contribution in [2.24, 2.45) is 0 Å². The predicted molar refractivity (Wildman–Crippen MR) is 84.0 cm³/mol.